The van der Waals surface area contributed by atoms with Crippen molar-refractivity contribution in [1.29, 1.82) is 0 Å². The van der Waals surface area contributed by atoms with Gasteiger partial charge in [0.1, 0.15) is 0 Å². The smallest absolute Gasteiger partial charge is 0.223 e. The van der Waals surface area contributed by atoms with Gasteiger partial charge in [0, 0.05) is 18.5 Å². The first-order valence-electron chi connectivity index (χ1n) is 5.95. The van der Waals surface area contributed by atoms with Gasteiger partial charge in [-0.15, -0.1) is 0 Å². The minimum absolute atomic E-state index is 0.285. The van der Waals surface area contributed by atoms with Crippen molar-refractivity contribution < 1.29 is 4.79 Å². The van der Waals surface area contributed by atoms with Gasteiger partial charge in [0.2, 0.25) is 5.91 Å². The molecular weight excluding hydrogens is 208 g/mol. The van der Waals surface area contributed by atoms with Crippen molar-refractivity contribution in [1.82, 2.24) is 10.6 Å². The summed E-state index contributed by atoms with van der Waals surface area (Å²) in [5.41, 5.74) is 0. The fourth-order valence-corrected chi connectivity index (χ4v) is 3.36. The lowest BCUT2D eigenvalue weighted by Crippen LogP contribution is -2.47. The van der Waals surface area contributed by atoms with Gasteiger partial charge in [0.15, 0.2) is 0 Å². The number of amides is 1. The maximum Gasteiger partial charge on any atom is 0.223 e. The second-order valence-electron chi connectivity index (χ2n) is 4.44. The molecule has 2 rings (SSSR count). The molecule has 2 fully saturated rings. The van der Waals surface area contributed by atoms with E-state index in [1.807, 2.05) is 11.8 Å². The number of rotatable bonds is 2. The van der Waals surface area contributed by atoms with E-state index in [-0.39, 0.29) is 5.92 Å². The fourth-order valence-electron chi connectivity index (χ4n) is 2.25. The highest BCUT2D eigenvalue weighted by atomic mass is 32.2. The Kier molecular flexibility index (Phi) is 4.32. The Balaban J connectivity index is 1.74. The molecular formula is C11H20N2OS. The predicted molar refractivity (Wildman–Crippen MR) is 64.1 cm³/mol. The van der Waals surface area contributed by atoms with Crippen LogP contribution in [0.2, 0.25) is 0 Å². The monoisotopic (exact) mass is 228 g/mol. The van der Waals surface area contributed by atoms with E-state index in [4.69, 9.17) is 0 Å². The van der Waals surface area contributed by atoms with Crippen molar-refractivity contribution in [3.05, 3.63) is 0 Å². The highest BCUT2D eigenvalue weighted by Crippen LogP contribution is 2.22. The molecule has 2 aliphatic heterocycles. The quantitative estimate of drug-likeness (QED) is 0.741. The summed E-state index contributed by atoms with van der Waals surface area (Å²) in [4.78, 5) is 11.9. The molecule has 0 aromatic heterocycles. The SMILES string of the molecule is O=C(N[C@H]1CCCNC1)C1CCSCC1. The zero-order valence-electron chi connectivity index (χ0n) is 9.13. The lowest BCUT2D eigenvalue weighted by molar-refractivity contribution is -0.126. The van der Waals surface area contributed by atoms with Crippen LogP contribution in [0.15, 0.2) is 0 Å². The molecule has 0 aliphatic carbocycles. The van der Waals surface area contributed by atoms with E-state index in [0.717, 1.165) is 43.9 Å². The lowest BCUT2D eigenvalue weighted by atomic mass is 10.0. The highest BCUT2D eigenvalue weighted by molar-refractivity contribution is 7.99. The molecule has 1 atom stereocenters. The number of hydrogen-bond acceptors (Lipinski definition) is 3. The van der Waals surface area contributed by atoms with Crippen molar-refractivity contribution in [2.75, 3.05) is 24.6 Å². The maximum absolute atomic E-state index is 11.9. The Morgan fingerprint density at radius 1 is 1.27 bits per heavy atom. The van der Waals surface area contributed by atoms with Gasteiger partial charge in [-0.2, -0.15) is 11.8 Å². The van der Waals surface area contributed by atoms with Gasteiger partial charge in [-0.3, -0.25) is 4.79 Å². The van der Waals surface area contributed by atoms with E-state index in [1.165, 1.54) is 6.42 Å². The summed E-state index contributed by atoms with van der Waals surface area (Å²) in [6.07, 6.45) is 4.46. The molecule has 3 nitrogen and oxygen atoms in total. The van der Waals surface area contributed by atoms with Crippen LogP contribution in [0.3, 0.4) is 0 Å². The summed E-state index contributed by atoms with van der Waals surface area (Å²) in [7, 11) is 0. The molecule has 0 radical (unpaired) electrons. The molecule has 2 N–H and O–H groups in total. The van der Waals surface area contributed by atoms with E-state index in [2.05, 4.69) is 10.6 Å². The highest BCUT2D eigenvalue weighted by Gasteiger charge is 2.24. The fraction of sp³-hybridized carbons (Fsp3) is 0.909. The number of hydrogen-bond donors (Lipinski definition) is 2. The molecule has 0 aromatic rings. The largest absolute Gasteiger partial charge is 0.352 e. The van der Waals surface area contributed by atoms with Crippen molar-refractivity contribution in [2.45, 2.75) is 31.7 Å². The molecule has 0 aromatic carbocycles. The molecule has 0 bridgehead atoms. The molecule has 2 saturated heterocycles. The number of piperidine rings is 1. The molecule has 1 amide bonds. The summed E-state index contributed by atoms with van der Waals surface area (Å²) in [5.74, 6) is 2.89. The topological polar surface area (TPSA) is 41.1 Å². The van der Waals surface area contributed by atoms with Crippen LogP contribution in [0.25, 0.3) is 0 Å². The number of nitrogens with one attached hydrogen (secondary N) is 2. The number of thioether (sulfide) groups is 1. The molecule has 0 saturated carbocycles. The van der Waals surface area contributed by atoms with Crippen LogP contribution in [0.4, 0.5) is 0 Å². The average molecular weight is 228 g/mol. The first-order chi connectivity index (χ1) is 7.36. The van der Waals surface area contributed by atoms with Gasteiger partial charge in [-0.1, -0.05) is 0 Å². The Bertz CT molecular complexity index is 211. The Hall–Kier alpha value is -0.220. The van der Waals surface area contributed by atoms with Gasteiger partial charge in [0.05, 0.1) is 0 Å². The summed E-state index contributed by atoms with van der Waals surface area (Å²) in [5, 5.41) is 6.50. The van der Waals surface area contributed by atoms with Crippen LogP contribution in [-0.2, 0) is 4.79 Å². The molecule has 4 heteroatoms. The van der Waals surface area contributed by atoms with Gasteiger partial charge in [0.25, 0.3) is 0 Å². The molecule has 2 aliphatic rings. The summed E-state index contributed by atoms with van der Waals surface area (Å²) in [6, 6.07) is 0.376. The molecule has 15 heavy (non-hydrogen) atoms. The predicted octanol–water partition coefficient (Wildman–Crippen LogP) is 0.998. The van der Waals surface area contributed by atoms with E-state index in [0.29, 0.717) is 11.9 Å². The van der Waals surface area contributed by atoms with Crippen LogP contribution < -0.4 is 10.6 Å². The van der Waals surface area contributed by atoms with E-state index in [9.17, 15) is 4.79 Å². The molecule has 86 valence electrons. The average Bonchev–Trinajstić information content (AvgIpc) is 2.31. The van der Waals surface area contributed by atoms with Crippen molar-refractivity contribution >= 4 is 17.7 Å². The van der Waals surface area contributed by atoms with Crippen LogP contribution in [-0.4, -0.2) is 36.5 Å². The molecule has 0 unspecified atom stereocenters. The van der Waals surface area contributed by atoms with Crippen LogP contribution in [0.1, 0.15) is 25.7 Å². The van der Waals surface area contributed by atoms with Crippen LogP contribution in [0.5, 0.6) is 0 Å². The minimum Gasteiger partial charge on any atom is -0.352 e. The summed E-state index contributed by atoms with van der Waals surface area (Å²) >= 11 is 1.97. The Labute approximate surface area is 95.8 Å². The van der Waals surface area contributed by atoms with Crippen molar-refractivity contribution in [2.24, 2.45) is 5.92 Å². The van der Waals surface area contributed by atoms with Crippen molar-refractivity contribution in [3.8, 4) is 0 Å². The third-order valence-electron chi connectivity index (χ3n) is 3.24. The van der Waals surface area contributed by atoms with Gasteiger partial charge < -0.3 is 10.6 Å². The second-order valence-corrected chi connectivity index (χ2v) is 5.66. The second kappa shape index (κ2) is 5.75. The first kappa shape index (κ1) is 11.3. The zero-order chi connectivity index (χ0) is 10.5. The van der Waals surface area contributed by atoms with Crippen molar-refractivity contribution in [3.63, 3.8) is 0 Å². The van der Waals surface area contributed by atoms with Gasteiger partial charge >= 0.3 is 0 Å². The first-order valence-corrected chi connectivity index (χ1v) is 7.10. The van der Waals surface area contributed by atoms with Crippen LogP contribution >= 0.6 is 11.8 Å². The lowest BCUT2D eigenvalue weighted by Gasteiger charge is -2.27. The van der Waals surface area contributed by atoms with Gasteiger partial charge in [-0.25, -0.2) is 0 Å². The Morgan fingerprint density at radius 3 is 2.73 bits per heavy atom. The molecule has 2 heterocycles. The number of carbonyl (C=O) groups is 1. The minimum atomic E-state index is 0.285. The zero-order valence-corrected chi connectivity index (χ0v) is 9.94. The van der Waals surface area contributed by atoms with E-state index >= 15 is 0 Å². The Morgan fingerprint density at radius 2 is 2.07 bits per heavy atom. The summed E-state index contributed by atoms with van der Waals surface area (Å²) in [6.45, 7) is 2.06. The normalized spacial score (nSPS) is 28.7. The van der Waals surface area contributed by atoms with Crippen LogP contribution in [0, 0.1) is 5.92 Å². The van der Waals surface area contributed by atoms with Gasteiger partial charge in [-0.05, 0) is 43.7 Å². The third-order valence-corrected chi connectivity index (χ3v) is 4.28. The van der Waals surface area contributed by atoms with E-state index < -0.39 is 0 Å². The summed E-state index contributed by atoms with van der Waals surface area (Å²) < 4.78 is 0. The molecule has 0 spiro atoms. The van der Waals surface area contributed by atoms with E-state index in [1.54, 1.807) is 0 Å². The standard InChI is InChI=1S/C11H20N2OS/c14-11(9-3-6-15-7-4-9)13-10-2-1-5-12-8-10/h9-10,12H,1-8H2,(H,13,14)/t10-/m0/s1. The number of carbonyl (C=O) groups excluding carboxylic acids is 1. The third kappa shape index (κ3) is 3.38. The maximum atomic E-state index is 11.9.